The summed E-state index contributed by atoms with van der Waals surface area (Å²) in [6, 6.07) is 5.48. The van der Waals surface area contributed by atoms with E-state index in [-0.39, 0.29) is 18.2 Å². The average Bonchev–Trinajstić information content (AvgIpc) is 3.00. The molecule has 28 heavy (non-hydrogen) atoms. The molecule has 0 radical (unpaired) electrons. The van der Waals surface area contributed by atoms with Crippen molar-refractivity contribution >= 4 is 11.8 Å². The Morgan fingerprint density at radius 1 is 1.00 bits per heavy atom. The van der Waals surface area contributed by atoms with Gasteiger partial charge in [-0.2, -0.15) is 0 Å². The Balaban J connectivity index is 1.61. The molecule has 1 saturated heterocycles. The largest absolute Gasteiger partial charge is 0.493 e. The number of rotatable bonds is 5. The zero-order chi connectivity index (χ0) is 19.9. The normalized spacial score (nSPS) is 14.4. The highest BCUT2D eigenvalue weighted by Crippen LogP contribution is 2.27. The van der Waals surface area contributed by atoms with Gasteiger partial charge in [-0.3, -0.25) is 14.6 Å². The van der Waals surface area contributed by atoms with Crippen molar-refractivity contribution in [3.8, 4) is 11.5 Å². The molecule has 0 unspecified atom stereocenters. The van der Waals surface area contributed by atoms with Crippen LogP contribution < -0.4 is 9.47 Å². The molecular weight excluding hydrogens is 360 g/mol. The van der Waals surface area contributed by atoms with Gasteiger partial charge in [0.15, 0.2) is 11.5 Å². The van der Waals surface area contributed by atoms with Crippen molar-refractivity contribution in [3.05, 3.63) is 48.0 Å². The van der Waals surface area contributed by atoms with Crippen LogP contribution in [0.25, 0.3) is 0 Å². The summed E-state index contributed by atoms with van der Waals surface area (Å²) in [6.07, 6.45) is 5.51. The molecule has 0 aliphatic carbocycles. The molecule has 1 aromatic heterocycles. The zero-order valence-corrected chi connectivity index (χ0v) is 16.1. The van der Waals surface area contributed by atoms with Gasteiger partial charge in [0.05, 0.1) is 26.8 Å². The van der Waals surface area contributed by atoms with Crippen LogP contribution in [0.3, 0.4) is 0 Å². The van der Waals surface area contributed by atoms with Crippen molar-refractivity contribution in [2.45, 2.75) is 12.8 Å². The Hall–Kier alpha value is -3.16. The molecule has 0 spiro atoms. The first-order valence-electron chi connectivity index (χ1n) is 9.16. The van der Waals surface area contributed by atoms with E-state index in [2.05, 4.69) is 9.97 Å². The van der Waals surface area contributed by atoms with Crippen molar-refractivity contribution in [1.29, 1.82) is 0 Å². The predicted octanol–water partition coefficient (Wildman–Crippen LogP) is 1.41. The third kappa shape index (κ3) is 4.57. The van der Waals surface area contributed by atoms with Crippen molar-refractivity contribution < 1.29 is 19.1 Å². The summed E-state index contributed by atoms with van der Waals surface area (Å²) in [5, 5.41) is 0. The van der Waals surface area contributed by atoms with Gasteiger partial charge in [0, 0.05) is 38.6 Å². The van der Waals surface area contributed by atoms with E-state index in [0.29, 0.717) is 43.4 Å². The number of nitrogens with zero attached hydrogens (tertiary/aromatic N) is 4. The SMILES string of the molecule is COc1ccc(CC(=O)N2CCCN(C(=O)c3cnccn3)CC2)cc1OC. The summed E-state index contributed by atoms with van der Waals surface area (Å²) >= 11 is 0. The van der Waals surface area contributed by atoms with E-state index in [1.54, 1.807) is 30.1 Å². The number of carbonyl (C=O) groups excluding carboxylic acids is 2. The highest BCUT2D eigenvalue weighted by molar-refractivity contribution is 5.92. The van der Waals surface area contributed by atoms with Crippen LogP contribution in [0.4, 0.5) is 0 Å². The molecule has 0 N–H and O–H groups in total. The molecule has 1 fully saturated rings. The second-order valence-electron chi connectivity index (χ2n) is 6.48. The summed E-state index contributed by atoms with van der Waals surface area (Å²) < 4.78 is 10.5. The maximum absolute atomic E-state index is 12.7. The van der Waals surface area contributed by atoms with Crippen LogP contribution in [-0.2, 0) is 11.2 Å². The summed E-state index contributed by atoms with van der Waals surface area (Å²) in [5.74, 6) is 1.11. The number of benzene rings is 1. The van der Waals surface area contributed by atoms with Crippen molar-refractivity contribution in [2.24, 2.45) is 0 Å². The van der Waals surface area contributed by atoms with E-state index in [0.717, 1.165) is 12.0 Å². The first-order chi connectivity index (χ1) is 13.6. The summed E-state index contributed by atoms with van der Waals surface area (Å²) in [5.41, 5.74) is 1.19. The smallest absolute Gasteiger partial charge is 0.274 e. The number of ether oxygens (including phenoxy) is 2. The Morgan fingerprint density at radius 2 is 1.75 bits per heavy atom. The van der Waals surface area contributed by atoms with Gasteiger partial charge < -0.3 is 19.3 Å². The molecule has 0 saturated carbocycles. The minimum absolute atomic E-state index is 0.0287. The maximum Gasteiger partial charge on any atom is 0.274 e. The summed E-state index contributed by atoms with van der Waals surface area (Å²) in [6.45, 7) is 2.19. The van der Waals surface area contributed by atoms with Gasteiger partial charge >= 0.3 is 0 Å². The van der Waals surface area contributed by atoms with Crippen molar-refractivity contribution in [3.63, 3.8) is 0 Å². The number of hydrogen-bond donors (Lipinski definition) is 0. The van der Waals surface area contributed by atoms with Gasteiger partial charge in [-0.05, 0) is 24.1 Å². The number of carbonyl (C=O) groups is 2. The molecule has 2 aromatic rings. The molecule has 8 nitrogen and oxygen atoms in total. The fourth-order valence-electron chi connectivity index (χ4n) is 3.22. The van der Waals surface area contributed by atoms with Crippen LogP contribution in [0.1, 0.15) is 22.5 Å². The third-order valence-electron chi connectivity index (χ3n) is 4.72. The van der Waals surface area contributed by atoms with Gasteiger partial charge in [-0.1, -0.05) is 6.07 Å². The molecule has 2 amide bonds. The number of aromatic nitrogens is 2. The lowest BCUT2D eigenvalue weighted by Crippen LogP contribution is -2.38. The van der Waals surface area contributed by atoms with E-state index in [1.807, 2.05) is 12.1 Å². The quantitative estimate of drug-likeness (QED) is 0.775. The fourth-order valence-corrected chi connectivity index (χ4v) is 3.22. The van der Waals surface area contributed by atoms with E-state index >= 15 is 0 Å². The van der Waals surface area contributed by atoms with Crippen LogP contribution >= 0.6 is 0 Å². The fraction of sp³-hybridized carbons (Fsp3) is 0.400. The van der Waals surface area contributed by atoms with E-state index in [1.165, 1.54) is 18.6 Å². The molecule has 1 aliphatic rings. The molecule has 2 heterocycles. The molecule has 1 aliphatic heterocycles. The number of methoxy groups -OCH3 is 2. The molecule has 1 aromatic carbocycles. The van der Waals surface area contributed by atoms with Crippen LogP contribution in [-0.4, -0.2) is 72.0 Å². The Kier molecular flexibility index (Phi) is 6.41. The van der Waals surface area contributed by atoms with Crippen LogP contribution in [0.2, 0.25) is 0 Å². The standard InChI is InChI=1S/C20H24N4O4/c1-27-17-5-4-15(12-18(17)28-2)13-19(25)23-8-3-9-24(11-10-23)20(26)16-14-21-6-7-22-16/h4-7,12,14H,3,8-11,13H2,1-2H3. The second-order valence-corrected chi connectivity index (χ2v) is 6.48. The van der Waals surface area contributed by atoms with Gasteiger partial charge in [-0.25, -0.2) is 4.98 Å². The van der Waals surface area contributed by atoms with Gasteiger partial charge in [-0.15, -0.1) is 0 Å². The second kappa shape index (κ2) is 9.16. The highest BCUT2D eigenvalue weighted by atomic mass is 16.5. The van der Waals surface area contributed by atoms with E-state index < -0.39 is 0 Å². The van der Waals surface area contributed by atoms with Crippen molar-refractivity contribution in [2.75, 3.05) is 40.4 Å². The molecule has 148 valence electrons. The Bertz CT molecular complexity index is 828. The topological polar surface area (TPSA) is 84.9 Å². The monoisotopic (exact) mass is 384 g/mol. The Labute approximate surface area is 164 Å². The highest BCUT2D eigenvalue weighted by Gasteiger charge is 2.23. The van der Waals surface area contributed by atoms with Gasteiger partial charge in [0.1, 0.15) is 5.69 Å². The number of hydrogen-bond acceptors (Lipinski definition) is 6. The lowest BCUT2D eigenvalue weighted by atomic mass is 10.1. The lowest BCUT2D eigenvalue weighted by molar-refractivity contribution is -0.130. The van der Waals surface area contributed by atoms with Crippen LogP contribution in [0.5, 0.6) is 11.5 Å². The van der Waals surface area contributed by atoms with Gasteiger partial charge in [0.25, 0.3) is 5.91 Å². The molecule has 3 rings (SSSR count). The molecule has 8 heteroatoms. The first kappa shape index (κ1) is 19.6. The average molecular weight is 384 g/mol. The third-order valence-corrected chi connectivity index (χ3v) is 4.72. The molecule has 0 atom stereocenters. The molecular formula is C20H24N4O4. The summed E-state index contributed by atoms with van der Waals surface area (Å²) in [4.78, 5) is 36.8. The van der Waals surface area contributed by atoms with E-state index in [4.69, 9.17) is 9.47 Å². The summed E-state index contributed by atoms with van der Waals surface area (Å²) in [7, 11) is 3.15. The zero-order valence-electron chi connectivity index (χ0n) is 16.1. The lowest BCUT2D eigenvalue weighted by Gasteiger charge is -2.22. The predicted molar refractivity (Wildman–Crippen MR) is 102 cm³/mol. The van der Waals surface area contributed by atoms with E-state index in [9.17, 15) is 9.59 Å². The number of amides is 2. The minimum atomic E-state index is -0.151. The molecule has 0 bridgehead atoms. The van der Waals surface area contributed by atoms with Gasteiger partial charge in [0.2, 0.25) is 5.91 Å². The van der Waals surface area contributed by atoms with Crippen LogP contribution in [0, 0.1) is 0 Å². The first-order valence-corrected chi connectivity index (χ1v) is 9.16. The Morgan fingerprint density at radius 3 is 2.46 bits per heavy atom. The van der Waals surface area contributed by atoms with Crippen LogP contribution in [0.15, 0.2) is 36.8 Å². The van der Waals surface area contributed by atoms with Crippen molar-refractivity contribution in [1.82, 2.24) is 19.8 Å². The minimum Gasteiger partial charge on any atom is -0.493 e. The maximum atomic E-state index is 12.7.